The standard InChI is InChI=1S/C19H22F6N8O3/c1-11(30-13-9-28-31-16(35)15(13)19(23,24)25)6-29-36-10-14(34)32-2-4-33(5-3-32)17-26-7-12(8-27-17)18(20,21)22/h7-9,11,29H,2-6,10H2,1H3,(H2,30,31,35)/t11-/m0/s1. The Hall–Kier alpha value is -3.47. The second-order valence-corrected chi connectivity index (χ2v) is 7.81. The lowest BCUT2D eigenvalue weighted by Crippen LogP contribution is -2.50. The molecule has 17 heteroatoms. The van der Waals surface area contributed by atoms with Crippen LogP contribution in [0.3, 0.4) is 0 Å². The summed E-state index contributed by atoms with van der Waals surface area (Å²) in [5.74, 6) is -0.243. The number of hydrogen-bond donors (Lipinski definition) is 3. The van der Waals surface area contributed by atoms with Crippen molar-refractivity contribution in [2.24, 2.45) is 0 Å². The number of hydroxylamine groups is 1. The Labute approximate surface area is 199 Å². The SMILES string of the molecule is C[C@@H](CNOCC(=O)N1CCN(c2ncc(C(F)(F)F)cn2)CC1)Nc1cn[nH]c(=O)c1C(F)(F)F. The number of carbonyl (C=O) groups excluding carboxylic acids is 1. The van der Waals surface area contributed by atoms with Crippen LogP contribution in [0.25, 0.3) is 0 Å². The summed E-state index contributed by atoms with van der Waals surface area (Å²) in [6.45, 7) is 2.30. The summed E-state index contributed by atoms with van der Waals surface area (Å²) in [6.07, 6.45) is -7.16. The molecule has 1 saturated heterocycles. The summed E-state index contributed by atoms with van der Waals surface area (Å²) in [5, 5.41) is 7.62. The van der Waals surface area contributed by atoms with Gasteiger partial charge in [-0.3, -0.25) is 14.4 Å². The number of nitrogens with one attached hydrogen (secondary N) is 3. The van der Waals surface area contributed by atoms with Gasteiger partial charge in [-0.05, 0) is 6.92 Å². The molecular weight excluding hydrogens is 502 g/mol. The van der Waals surface area contributed by atoms with Crippen LogP contribution in [0.2, 0.25) is 0 Å². The van der Waals surface area contributed by atoms with Crippen LogP contribution in [0, 0.1) is 0 Å². The van der Waals surface area contributed by atoms with Crippen LogP contribution in [0.5, 0.6) is 0 Å². The van der Waals surface area contributed by atoms with Gasteiger partial charge >= 0.3 is 12.4 Å². The minimum absolute atomic E-state index is 0.00356. The van der Waals surface area contributed by atoms with Crippen molar-refractivity contribution in [3.63, 3.8) is 0 Å². The fourth-order valence-electron chi connectivity index (χ4n) is 3.28. The first-order valence-electron chi connectivity index (χ1n) is 10.5. The number of aromatic nitrogens is 4. The molecule has 11 nitrogen and oxygen atoms in total. The van der Waals surface area contributed by atoms with Crippen molar-refractivity contribution in [2.75, 3.05) is 49.5 Å². The molecule has 0 unspecified atom stereocenters. The highest BCUT2D eigenvalue weighted by Gasteiger charge is 2.37. The molecule has 0 radical (unpaired) electrons. The van der Waals surface area contributed by atoms with Crippen LogP contribution in [0.15, 0.2) is 23.4 Å². The van der Waals surface area contributed by atoms with E-state index in [0.29, 0.717) is 25.5 Å². The molecular formula is C19H22F6N8O3. The molecule has 0 bridgehead atoms. The maximum Gasteiger partial charge on any atom is 0.423 e. The van der Waals surface area contributed by atoms with Crippen LogP contribution in [-0.2, 0) is 22.0 Å². The zero-order valence-corrected chi connectivity index (χ0v) is 18.8. The van der Waals surface area contributed by atoms with Crippen LogP contribution >= 0.6 is 0 Å². The van der Waals surface area contributed by atoms with E-state index in [9.17, 15) is 35.9 Å². The van der Waals surface area contributed by atoms with E-state index in [2.05, 4.69) is 25.9 Å². The van der Waals surface area contributed by atoms with Gasteiger partial charge in [0, 0.05) is 51.2 Å². The van der Waals surface area contributed by atoms with Crippen LogP contribution in [0.4, 0.5) is 38.0 Å². The van der Waals surface area contributed by atoms with Crippen molar-refractivity contribution < 1.29 is 36.0 Å². The Morgan fingerprint density at radius 3 is 2.31 bits per heavy atom. The minimum Gasteiger partial charge on any atom is -0.379 e. The molecule has 0 saturated carbocycles. The summed E-state index contributed by atoms with van der Waals surface area (Å²) in [4.78, 5) is 39.5. The monoisotopic (exact) mass is 524 g/mol. The number of piperazine rings is 1. The van der Waals surface area contributed by atoms with Gasteiger partial charge in [-0.25, -0.2) is 15.1 Å². The number of alkyl halides is 6. The number of amides is 1. The highest BCUT2D eigenvalue weighted by atomic mass is 19.4. The van der Waals surface area contributed by atoms with Gasteiger partial charge in [0.05, 0.1) is 17.4 Å². The highest BCUT2D eigenvalue weighted by molar-refractivity contribution is 5.77. The predicted molar refractivity (Wildman–Crippen MR) is 113 cm³/mol. The highest BCUT2D eigenvalue weighted by Crippen LogP contribution is 2.31. The lowest BCUT2D eigenvalue weighted by molar-refractivity contribution is -0.140. The first kappa shape index (κ1) is 27.1. The third-order valence-electron chi connectivity index (χ3n) is 5.11. The number of halogens is 6. The summed E-state index contributed by atoms with van der Waals surface area (Å²) in [7, 11) is 0. The largest absolute Gasteiger partial charge is 0.423 e. The van der Waals surface area contributed by atoms with Gasteiger partial charge in [0.1, 0.15) is 12.2 Å². The molecule has 3 rings (SSSR count). The van der Waals surface area contributed by atoms with Crippen LogP contribution in [0.1, 0.15) is 18.1 Å². The van der Waals surface area contributed by atoms with Crippen molar-refractivity contribution in [2.45, 2.75) is 25.3 Å². The molecule has 1 amide bonds. The van der Waals surface area contributed by atoms with E-state index < -0.39 is 40.8 Å². The molecule has 3 heterocycles. The van der Waals surface area contributed by atoms with E-state index in [1.807, 2.05) is 0 Å². The lowest BCUT2D eigenvalue weighted by atomic mass is 10.2. The Kier molecular flexibility index (Phi) is 8.34. The summed E-state index contributed by atoms with van der Waals surface area (Å²) >= 11 is 0. The number of H-pyrrole nitrogens is 1. The topological polar surface area (TPSA) is 128 Å². The van der Waals surface area contributed by atoms with Crippen molar-refractivity contribution in [3.05, 3.63) is 40.1 Å². The second kappa shape index (κ2) is 11.1. The third kappa shape index (κ3) is 7.03. The average molecular weight is 524 g/mol. The zero-order chi connectivity index (χ0) is 26.5. The van der Waals surface area contributed by atoms with Crippen molar-refractivity contribution in [1.29, 1.82) is 0 Å². The third-order valence-corrected chi connectivity index (χ3v) is 5.11. The second-order valence-electron chi connectivity index (χ2n) is 7.81. The molecule has 0 aliphatic carbocycles. The summed E-state index contributed by atoms with van der Waals surface area (Å²) in [6, 6.07) is -0.628. The number of anilines is 2. The molecule has 36 heavy (non-hydrogen) atoms. The number of aromatic amines is 1. The fraction of sp³-hybridized carbons (Fsp3) is 0.526. The molecule has 1 fully saturated rings. The number of nitrogens with zero attached hydrogens (tertiary/aromatic N) is 5. The maximum atomic E-state index is 13.1. The smallest absolute Gasteiger partial charge is 0.379 e. The van der Waals surface area contributed by atoms with Crippen LogP contribution < -0.4 is 21.3 Å². The molecule has 1 aliphatic heterocycles. The van der Waals surface area contributed by atoms with E-state index in [4.69, 9.17) is 4.84 Å². The van der Waals surface area contributed by atoms with Gasteiger partial charge in [0.15, 0.2) is 0 Å². The Morgan fingerprint density at radius 2 is 1.72 bits per heavy atom. The average Bonchev–Trinajstić information content (AvgIpc) is 2.80. The van der Waals surface area contributed by atoms with E-state index in [1.165, 1.54) is 11.8 Å². The normalized spacial score (nSPS) is 15.6. The number of rotatable bonds is 8. The van der Waals surface area contributed by atoms with Gasteiger partial charge < -0.3 is 15.1 Å². The predicted octanol–water partition coefficient (Wildman–Crippen LogP) is 1.27. The lowest BCUT2D eigenvalue weighted by Gasteiger charge is -2.34. The van der Waals surface area contributed by atoms with Gasteiger partial charge in [0.2, 0.25) is 5.95 Å². The van der Waals surface area contributed by atoms with E-state index in [-0.39, 0.29) is 38.1 Å². The first-order chi connectivity index (χ1) is 16.9. The van der Waals surface area contributed by atoms with Crippen molar-refractivity contribution in [3.8, 4) is 0 Å². The van der Waals surface area contributed by atoms with E-state index in [1.54, 1.807) is 10.00 Å². The van der Waals surface area contributed by atoms with E-state index in [0.717, 1.165) is 6.20 Å². The fourth-order valence-corrected chi connectivity index (χ4v) is 3.28. The first-order valence-corrected chi connectivity index (χ1v) is 10.5. The maximum absolute atomic E-state index is 13.1. The van der Waals surface area contributed by atoms with Crippen molar-refractivity contribution >= 4 is 17.5 Å². The minimum atomic E-state index is -4.88. The molecule has 0 spiro atoms. The Morgan fingerprint density at radius 1 is 1.08 bits per heavy atom. The molecule has 1 atom stereocenters. The van der Waals surface area contributed by atoms with Gasteiger partial charge in [-0.2, -0.15) is 36.9 Å². The molecule has 1 aliphatic rings. The molecule has 0 aromatic carbocycles. The molecule has 198 valence electrons. The molecule has 2 aromatic heterocycles. The van der Waals surface area contributed by atoms with Gasteiger partial charge in [0.25, 0.3) is 11.5 Å². The van der Waals surface area contributed by atoms with Gasteiger partial charge in [-0.1, -0.05) is 0 Å². The molecule has 3 N–H and O–H groups in total. The van der Waals surface area contributed by atoms with Gasteiger partial charge in [-0.15, -0.1) is 0 Å². The number of hydrogen-bond acceptors (Lipinski definition) is 9. The van der Waals surface area contributed by atoms with Crippen LogP contribution in [-0.4, -0.2) is 76.3 Å². The molecule has 2 aromatic rings. The quantitative estimate of drug-likeness (QED) is 0.266. The summed E-state index contributed by atoms with van der Waals surface area (Å²) in [5.41, 5.74) is -1.75. The zero-order valence-electron chi connectivity index (χ0n) is 18.8. The summed E-state index contributed by atoms with van der Waals surface area (Å²) < 4.78 is 77.2. The number of carbonyl (C=O) groups is 1. The van der Waals surface area contributed by atoms with E-state index >= 15 is 0 Å². The Bertz CT molecular complexity index is 1080. The Balaban J connectivity index is 1.40. The van der Waals surface area contributed by atoms with Crippen molar-refractivity contribution in [1.82, 2.24) is 30.5 Å².